The molecule has 11 heavy (non-hydrogen) atoms. The predicted molar refractivity (Wildman–Crippen MR) is 30.8 cm³/mol. The smallest absolute Gasteiger partial charge is 0.420 e. The summed E-state index contributed by atoms with van der Waals surface area (Å²) in [5, 5.41) is 17.2. The number of esters is 1. The third-order valence-corrected chi connectivity index (χ3v) is 0.929. The average Bonchev–Trinajstić information content (AvgIpc) is 2.03. The molecule has 0 aliphatic heterocycles. The Labute approximate surface area is 62.3 Å². The van der Waals surface area contributed by atoms with Gasteiger partial charge in [0, 0.05) is 0 Å². The maximum Gasteiger partial charge on any atom is 0.420 e. The molecule has 63 valence electrons. The second-order valence-electron chi connectivity index (χ2n) is 1.62. The molecule has 0 aromatic carbocycles. The summed E-state index contributed by atoms with van der Waals surface area (Å²) in [6, 6.07) is 0. The number of aliphatic hydroxyl groups is 2. The Morgan fingerprint density at radius 3 is 2.55 bits per heavy atom. The van der Waals surface area contributed by atoms with E-state index in [2.05, 4.69) is 9.47 Å². The fraction of sp³-hybridized carbons (Fsp3) is 0.600. The van der Waals surface area contributed by atoms with E-state index in [9.17, 15) is 9.59 Å². The third-order valence-electron chi connectivity index (χ3n) is 0.929. The van der Waals surface area contributed by atoms with E-state index < -0.39 is 18.4 Å². The van der Waals surface area contributed by atoms with E-state index in [1.54, 1.807) is 0 Å². The zero-order valence-electron chi connectivity index (χ0n) is 5.73. The number of aliphatic hydroxyl groups excluding tert-OH is 1. The lowest BCUT2D eigenvalue weighted by Gasteiger charge is -2.18. The van der Waals surface area contributed by atoms with Gasteiger partial charge in [0.15, 0.2) is 0 Å². The maximum atomic E-state index is 10.5. The summed E-state index contributed by atoms with van der Waals surface area (Å²) in [4.78, 5) is 20.1. The topological polar surface area (TPSA) is 93.1 Å². The number of hydrogen-bond donors (Lipinski definition) is 2. The third kappa shape index (κ3) is 2.17. The van der Waals surface area contributed by atoms with Crippen molar-refractivity contribution in [3.63, 3.8) is 0 Å². The Balaban J connectivity index is 4.31. The normalized spacial score (nSPS) is 14.8. The summed E-state index contributed by atoms with van der Waals surface area (Å²) in [6.07, 6.45) is 0. The van der Waals surface area contributed by atoms with E-state index in [1.165, 1.54) is 0 Å². The standard InChI is InChI=1S/C5H7O6/c1-10-4(8)5(9,2-6)11-3-7/h6,9H,2H2,1H3. The number of carbonyl (C=O) groups is 1. The number of ether oxygens (including phenoxy) is 2. The molecule has 2 N–H and O–H groups in total. The van der Waals surface area contributed by atoms with E-state index in [0.29, 0.717) is 0 Å². The molecule has 0 aromatic rings. The Morgan fingerprint density at radius 1 is 1.73 bits per heavy atom. The van der Waals surface area contributed by atoms with E-state index in [-0.39, 0.29) is 0 Å². The summed E-state index contributed by atoms with van der Waals surface area (Å²) in [7, 11) is 0.969. The molecule has 0 saturated carbocycles. The van der Waals surface area contributed by atoms with Crippen molar-refractivity contribution in [1.82, 2.24) is 0 Å². The van der Waals surface area contributed by atoms with Crippen LogP contribution in [0.4, 0.5) is 0 Å². The van der Waals surface area contributed by atoms with Crippen molar-refractivity contribution in [1.29, 1.82) is 0 Å². The highest BCUT2D eigenvalue weighted by Gasteiger charge is 2.39. The van der Waals surface area contributed by atoms with Gasteiger partial charge in [0.05, 0.1) is 7.11 Å². The molecule has 1 atom stereocenters. The highest BCUT2D eigenvalue weighted by atomic mass is 16.7. The van der Waals surface area contributed by atoms with Crippen LogP contribution < -0.4 is 0 Å². The van der Waals surface area contributed by atoms with Crippen LogP contribution in [0, 0.1) is 0 Å². The van der Waals surface area contributed by atoms with Gasteiger partial charge in [-0.2, -0.15) is 0 Å². The largest absolute Gasteiger partial charge is 0.464 e. The Bertz CT molecular complexity index is 155. The fourth-order valence-corrected chi connectivity index (χ4v) is 0.367. The van der Waals surface area contributed by atoms with Crippen LogP contribution in [0.25, 0.3) is 0 Å². The number of carbonyl (C=O) groups excluding carboxylic acids is 2. The van der Waals surface area contributed by atoms with Gasteiger partial charge < -0.3 is 19.7 Å². The Morgan fingerprint density at radius 2 is 2.27 bits per heavy atom. The second-order valence-corrected chi connectivity index (χ2v) is 1.62. The molecule has 0 aromatic heterocycles. The van der Waals surface area contributed by atoms with Gasteiger partial charge in [0.1, 0.15) is 6.61 Å². The molecule has 0 bridgehead atoms. The molecule has 6 nitrogen and oxygen atoms in total. The molecule has 0 aliphatic rings. The first-order chi connectivity index (χ1) is 5.10. The van der Waals surface area contributed by atoms with Crippen molar-refractivity contribution >= 4 is 12.4 Å². The number of rotatable bonds is 4. The van der Waals surface area contributed by atoms with Crippen LogP contribution >= 0.6 is 0 Å². The van der Waals surface area contributed by atoms with Gasteiger partial charge in [-0.1, -0.05) is 0 Å². The fourth-order valence-electron chi connectivity index (χ4n) is 0.367. The van der Waals surface area contributed by atoms with Gasteiger partial charge in [-0.05, 0) is 0 Å². The van der Waals surface area contributed by atoms with Crippen LogP contribution in [0.15, 0.2) is 0 Å². The molecule has 0 rings (SSSR count). The van der Waals surface area contributed by atoms with Gasteiger partial charge in [0.25, 0.3) is 0 Å². The van der Waals surface area contributed by atoms with Gasteiger partial charge >= 0.3 is 18.2 Å². The summed E-state index contributed by atoms with van der Waals surface area (Å²) in [5.41, 5.74) is 0. The highest BCUT2D eigenvalue weighted by molar-refractivity contribution is 5.78. The predicted octanol–water partition coefficient (Wildman–Crippen LogP) is -2.08. The first-order valence-electron chi connectivity index (χ1n) is 2.57. The van der Waals surface area contributed by atoms with Crippen LogP contribution in [0.3, 0.4) is 0 Å². The van der Waals surface area contributed by atoms with Crippen LogP contribution in [-0.4, -0.2) is 42.2 Å². The molecule has 0 saturated heterocycles. The van der Waals surface area contributed by atoms with Gasteiger partial charge in [-0.15, -0.1) is 0 Å². The molecule has 6 heteroatoms. The van der Waals surface area contributed by atoms with Crippen molar-refractivity contribution in [3.8, 4) is 0 Å². The van der Waals surface area contributed by atoms with Crippen molar-refractivity contribution in [2.45, 2.75) is 5.79 Å². The molecule has 0 heterocycles. The van der Waals surface area contributed by atoms with E-state index >= 15 is 0 Å². The minimum atomic E-state index is -2.63. The van der Waals surface area contributed by atoms with Crippen molar-refractivity contribution in [2.24, 2.45) is 0 Å². The van der Waals surface area contributed by atoms with Crippen molar-refractivity contribution < 1.29 is 29.3 Å². The summed E-state index contributed by atoms with van der Waals surface area (Å²) >= 11 is 0. The van der Waals surface area contributed by atoms with Crippen molar-refractivity contribution in [3.05, 3.63) is 0 Å². The van der Waals surface area contributed by atoms with Crippen molar-refractivity contribution in [2.75, 3.05) is 13.7 Å². The summed E-state index contributed by atoms with van der Waals surface area (Å²) in [5.74, 6) is -3.89. The molecular formula is C5H7O6. The zero-order chi connectivity index (χ0) is 8.91. The lowest BCUT2D eigenvalue weighted by atomic mass is 10.3. The van der Waals surface area contributed by atoms with Crippen LogP contribution in [0.5, 0.6) is 0 Å². The first-order valence-corrected chi connectivity index (χ1v) is 2.57. The van der Waals surface area contributed by atoms with Crippen LogP contribution in [0.1, 0.15) is 0 Å². The summed E-state index contributed by atoms with van der Waals surface area (Å²) < 4.78 is 7.76. The molecule has 1 radical (unpaired) electrons. The SMILES string of the molecule is COC(=O)C(O)(CO)O[C]=O. The maximum absolute atomic E-state index is 10.5. The molecule has 0 aliphatic carbocycles. The Kier molecular flexibility index (Phi) is 3.49. The monoisotopic (exact) mass is 163 g/mol. The van der Waals surface area contributed by atoms with E-state index in [1.807, 2.05) is 0 Å². The van der Waals surface area contributed by atoms with Gasteiger partial charge in [0.2, 0.25) is 0 Å². The second kappa shape index (κ2) is 3.89. The van der Waals surface area contributed by atoms with E-state index in [4.69, 9.17) is 10.2 Å². The molecule has 0 fully saturated rings. The Hall–Kier alpha value is -1.14. The molecule has 1 unspecified atom stereocenters. The molecular weight excluding hydrogens is 156 g/mol. The number of methoxy groups -OCH3 is 1. The first kappa shape index (κ1) is 9.86. The van der Waals surface area contributed by atoms with Crippen LogP contribution in [-0.2, 0) is 19.1 Å². The van der Waals surface area contributed by atoms with Crippen LogP contribution in [0.2, 0.25) is 0 Å². The van der Waals surface area contributed by atoms with Gasteiger partial charge in [-0.3, -0.25) is 0 Å². The summed E-state index contributed by atoms with van der Waals surface area (Å²) in [6.45, 7) is -0.261. The van der Waals surface area contributed by atoms with Gasteiger partial charge in [-0.25, -0.2) is 9.59 Å². The minimum absolute atomic E-state index is 0.814. The molecule has 0 spiro atoms. The lowest BCUT2D eigenvalue weighted by Crippen LogP contribution is -2.45. The lowest BCUT2D eigenvalue weighted by molar-refractivity contribution is -0.211. The molecule has 0 amide bonds. The number of hydrogen-bond acceptors (Lipinski definition) is 6. The zero-order valence-corrected chi connectivity index (χ0v) is 5.73. The highest BCUT2D eigenvalue weighted by Crippen LogP contribution is 2.05. The quantitative estimate of drug-likeness (QED) is 0.365. The van der Waals surface area contributed by atoms with E-state index in [0.717, 1.165) is 13.6 Å². The average molecular weight is 163 g/mol. The minimum Gasteiger partial charge on any atom is -0.464 e.